The fraction of sp³-hybridized carbons (Fsp3) is 0.833. The van der Waals surface area contributed by atoms with Crippen LogP contribution < -0.4 is 0 Å². The number of carbonyl (C=O) groups is 2. The monoisotopic (exact) mass is 245 g/mol. The van der Waals surface area contributed by atoms with Crippen LogP contribution in [0.1, 0.15) is 34.1 Å². The van der Waals surface area contributed by atoms with Crippen LogP contribution in [0.2, 0.25) is 0 Å². The molecular formula is C12H23NO4. The van der Waals surface area contributed by atoms with Crippen molar-refractivity contribution >= 4 is 11.9 Å². The van der Waals surface area contributed by atoms with E-state index in [4.69, 9.17) is 10.2 Å². The number of aliphatic carboxylic acids is 2. The normalized spacial score (nSPS) is 14.9. The van der Waals surface area contributed by atoms with E-state index in [0.717, 1.165) is 0 Å². The minimum Gasteiger partial charge on any atom is -0.481 e. The fourth-order valence-electron chi connectivity index (χ4n) is 1.82. The summed E-state index contributed by atoms with van der Waals surface area (Å²) in [6, 6.07) is -0.598. The number of carboxylic acids is 2. The lowest BCUT2D eigenvalue weighted by Gasteiger charge is -2.30. The van der Waals surface area contributed by atoms with E-state index in [1.54, 1.807) is 18.7 Å². The molecule has 2 N–H and O–H groups in total. The molecule has 0 radical (unpaired) electrons. The third-order valence-electron chi connectivity index (χ3n) is 2.64. The predicted molar refractivity (Wildman–Crippen MR) is 64.9 cm³/mol. The van der Waals surface area contributed by atoms with Crippen molar-refractivity contribution in [3.05, 3.63) is 0 Å². The molecule has 100 valence electrons. The van der Waals surface area contributed by atoms with Gasteiger partial charge in [-0.05, 0) is 12.3 Å². The summed E-state index contributed by atoms with van der Waals surface area (Å²) in [7, 11) is 0. The predicted octanol–water partition coefficient (Wildman–Crippen LogP) is 1.53. The Kier molecular flexibility index (Phi) is 6.80. The standard InChI is InChI=1S/C12H23NO4/c1-5-10(12(16)17)13(6-8(2)3)7-9(4)11(14)15/h8-10H,5-7H2,1-4H3,(H,14,15)(H,16,17). The lowest BCUT2D eigenvalue weighted by molar-refractivity contribution is -0.147. The molecule has 5 nitrogen and oxygen atoms in total. The van der Waals surface area contributed by atoms with Gasteiger partial charge in [0.15, 0.2) is 0 Å². The summed E-state index contributed by atoms with van der Waals surface area (Å²) in [5.41, 5.74) is 0. The zero-order valence-corrected chi connectivity index (χ0v) is 11.0. The second kappa shape index (κ2) is 7.27. The maximum atomic E-state index is 11.1. The summed E-state index contributed by atoms with van der Waals surface area (Å²) in [5, 5.41) is 18.0. The zero-order valence-electron chi connectivity index (χ0n) is 11.0. The van der Waals surface area contributed by atoms with Gasteiger partial charge in [-0.25, -0.2) is 0 Å². The highest BCUT2D eigenvalue weighted by Gasteiger charge is 2.27. The number of hydrogen-bond acceptors (Lipinski definition) is 3. The first-order valence-electron chi connectivity index (χ1n) is 5.99. The number of nitrogens with zero attached hydrogens (tertiary/aromatic N) is 1. The third-order valence-corrected chi connectivity index (χ3v) is 2.64. The first-order chi connectivity index (χ1) is 7.79. The van der Waals surface area contributed by atoms with Gasteiger partial charge in [0.1, 0.15) is 6.04 Å². The van der Waals surface area contributed by atoms with Gasteiger partial charge in [0.25, 0.3) is 0 Å². The van der Waals surface area contributed by atoms with Crippen molar-refractivity contribution in [3.63, 3.8) is 0 Å². The third kappa shape index (κ3) is 5.68. The van der Waals surface area contributed by atoms with Crippen LogP contribution in [-0.2, 0) is 9.59 Å². The van der Waals surface area contributed by atoms with E-state index in [-0.39, 0.29) is 6.54 Å². The summed E-state index contributed by atoms with van der Waals surface area (Å²) in [6.07, 6.45) is 0.481. The molecule has 0 aliphatic heterocycles. The highest BCUT2D eigenvalue weighted by molar-refractivity contribution is 5.74. The molecule has 0 rings (SSSR count). The van der Waals surface area contributed by atoms with Gasteiger partial charge in [0.05, 0.1) is 5.92 Å². The second-order valence-electron chi connectivity index (χ2n) is 4.85. The number of rotatable bonds is 8. The Hall–Kier alpha value is -1.10. The molecule has 0 spiro atoms. The average molecular weight is 245 g/mol. The first-order valence-corrected chi connectivity index (χ1v) is 5.99. The molecule has 0 aliphatic rings. The molecule has 0 aliphatic carbocycles. The molecular weight excluding hydrogens is 222 g/mol. The molecule has 0 aromatic heterocycles. The van der Waals surface area contributed by atoms with Crippen molar-refractivity contribution < 1.29 is 19.8 Å². The molecule has 5 heteroatoms. The molecule has 2 unspecified atom stereocenters. The van der Waals surface area contributed by atoms with Crippen LogP contribution in [0, 0.1) is 11.8 Å². The second-order valence-corrected chi connectivity index (χ2v) is 4.85. The van der Waals surface area contributed by atoms with E-state index in [2.05, 4.69) is 0 Å². The van der Waals surface area contributed by atoms with Crippen LogP contribution in [0.25, 0.3) is 0 Å². The molecule has 0 aromatic rings. The average Bonchev–Trinajstić information content (AvgIpc) is 2.16. The van der Waals surface area contributed by atoms with Crippen molar-refractivity contribution in [2.75, 3.05) is 13.1 Å². The Bertz CT molecular complexity index is 265. The molecule has 0 amide bonds. The van der Waals surface area contributed by atoms with Crippen molar-refractivity contribution in [2.24, 2.45) is 11.8 Å². The van der Waals surface area contributed by atoms with Crippen molar-refractivity contribution in [2.45, 2.75) is 40.2 Å². The summed E-state index contributed by atoms with van der Waals surface area (Å²) < 4.78 is 0. The number of hydrogen-bond donors (Lipinski definition) is 2. The molecule has 17 heavy (non-hydrogen) atoms. The van der Waals surface area contributed by atoms with Crippen LogP contribution in [0.4, 0.5) is 0 Å². The quantitative estimate of drug-likeness (QED) is 0.678. The molecule has 0 fully saturated rings. The van der Waals surface area contributed by atoms with Crippen LogP contribution in [0.3, 0.4) is 0 Å². The van der Waals surface area contributed by atoms with Gasteiger partial charge in [0.2, 0.25) is 0 Å². The van der Waals surface area contributed by atoms with Gasteiger partial charge in [-0.3, -0.25) is 14.5 Å². The highest BCUT2D eigenvalue weighted by atomic mass is 16.4. The molecule has 2 atom stereocenters. The maximum Gasteiger partial charge on any atom is 0.320 e. The summed E-state index contributed by atoms with van der Waals surface area (Å²) in [6.45, 7) is 8.27. The number of carboxylic acid groups (broad SMARTS) is 2. The topological polar surface area (TPSA) is 77.8 Å². The van der Waals surface area contributed by atoms with Crippen molar-refractivity contribution in [1.82, 2.24) is 4.90 Å². The minimum absolute atomic E-state index is 0.276. The smallest absolute Gasteiger partial charge is 0.320 e. The van der Waals surface area contributed by atoms with E-state index in [9.17, 15) is 9.59 Å². The Morgan fingerprint density at radius 1 is 1.06 bits per heavy atom. The summed E-state index contributed by atoms with van der Waals surface area (Å²) in [4.78, 5) is 23.7. The van der Waals surface area contributed by atoms with Gasteiger partial charge in [-0.2, -0.15) is 0 Å². The summed E-state index contributed by atoms with van der Waals surface area (Å²) >= 11 is 0. The maximum absolute atomic E-state index is 11.1. The SMILES string of the molecule is CCC(C(=O)O)N(CC(C)C)CC(C)C(=O)O. The largest absolute Gasteiger partial charge is 0.481 e. The lowest BCUT2D eigenvalue weighted by Crippen LogP contribution is -2.45. The van der Waals surface area contributed by atoms with Gasteiger partial charge in [-0.1, -0.05) is 27.7 Å². The van der Waals surface area contributed by atoms with Crippen LogP contribution in [0.15, 0.2) is 0 Å². The fourth-order valence-corrected chi connectivity index (χ4v) is 1.82. The van der Waals surface area contributed by atoms with E-state index in [0.29, 0.717) is 18.9 Å². The Morgan fingerprint density at radius 3 is 1.88 bits per heavy atom. The molecule has 0 heterocycles. The van der Waals surface area contributed by atoms with E-state index in [1.807, 2.05) is 13.8 Å². The van der Waals surface area contributed by atoms with Gasteiger partial charge in [0, 0.05) is 13.1 Å². The van der Waals surface area contributed by atoms with E-state index < -0.39 is 23.9 Å². The molecule has 0 bridgehead atoms. The first kappa shape index (κ1) is 15.9. The van der Waals surface area contributed by atoms with Gasteiger partial charge < -0.3 is 10.2 Å². The van der Waals surface area contributed by atoms with Crippen LogP contribution in [-0.4, -0.2) is 46.2 Å². The Balaban J connectivity index is 4.73. The highest BCUT2D eigenvalue weighted by Crippen LogP contribution is 2.12. The van der Waals surface area contributed by atoms with E-state index >= 15 is 0 Å². The van der Waals surface area contributed by atoms with Crippen molar-refractivity contribution in [1.29, 1.82) is 0 Å². The minimum atomic E-state index is -0.890. The summed E-state index contributed by atoms with van der Waals surface area (Å²) in [5.74, 6) is -2.02. The Morgan fingerprint density at radius 2 is 1.59 bits per heavy atom. The molecule has 0 saturated heterocycles. The van der Waals surface area contributed by atoms with Crippen LogP contribution >= 0.6 is 0 Å². The van der Waals surface area contributed by atoms with Gasteiger partial charge >= 0.3 is 11.9 Å². The van der Waals surface area contributed by atoms with Gasteiger partial charge in [-0.15, -0.1) is 0 Å². The molecule has 0 saturated carbocycles. The Labute approximate surface area is 102 Å². The van der Waals surface area contributed by atoms with E-state index in [1.165, 1.54) is 0 Å². The lowest BCUT2D eigenvalue weighted by atomic mass is 10.1. The van der Waals surface area contributed by atoms with Crippen molar-refractivity contribution in [3.8, 4) is 0 Å². The zero-order chi connectivity index (χ0) is 13.6. The van der Waals surface area contributed by atoms with Crippen LogP contribution in [0.5, 0.6) is 0 Å². The molecule has 0 aromatic carbocycles.